The van der Waals surface area contributed by atoms with E-state index in [9.17, 15) is 0 Å². The van der Waals surface area contributed by atoms with E-state index >= 15 is 0 Å². The average Bonchev–Trinajstić information content (AvgIpc) is 2.27. The van der Waals surface area contributed by atoms with Gasteiger partial charge in [0, 0.05) is 22.5 Å². The van der Waals surface area contributed by atoms with Crippen LogP contribution in [0.2, 0.25) is 10.0 Å². The second-order valence-corrected chi connectivity index (χ2v) is 4.45. The van der Waals surface area contributed by atoms with Gasteiger partial charge < -0.3 is 5.32 Å². The Balaban J connectivity index is 2.55. The number of unbranched alkanes of at least 4 members (excludes halogenated alkanes) is 1. The van der Waals surface area contributed by atoms with Crippen molar-refractivity contribution in [2.24, 2.45) is 0 Å². The molecule has 0 bridgehead atoms. The highest BCUT2D eigenvalue weighted by atomic mass is 35.5. The molecule has 1 atom stereocenters. The van der Waals surface area contributed by atoms with E-state index in [0.717, 1.165) is 18.5 Å². The summed E-state index contributed by atoms with van der Waals surface area (Å²) in [6, 6.07) is 7.70. The van der Waals surface area contributed by atoms with E-state index in [0.29, 0.717) is 16.5 Å². The Bertz CT molecular complexity index is 385. The first-order valence-corrected chi connectivity index (χ1v) is 5.96. The van der Waals surface area contributed by atoms with Crippen LogP contribution in [0, 0.1) is 11.3 Å². The molecule has 1 unspecified atom stereocenters. The average molecular weight is 257 g/mol. The highest BCUT2D eigenvalue weighted by Gasteiger charge is 2.09. The number of hydrogen-bond acceptors (Lipinski definition) is 2. The normalized spacial score (nSPS) is 12.1. The summed E-state index contributed by atoms with van der Waals surface area (Å²) in [7, 11) is 0. The molecule has 0 aliphatic carbocycles. The van der Waals surface area contributed by atoms with Gasteiger partial charge in [0.05, 0.1) is 6.07 Å². The zero-order valence-electron chi connectivity index (χ0n) is 9.13. The summed E-state index contributed by atoms with van der Waals surface area (Å²) in [5.41, 5.74) is 0.992. The van der Waals surface area contributed by atoms with Crippen molar-refractivity contribution in [2.75, 3.05) is 6.54 Å². The molecule has 0 amide bonds. The first-order chi connectivity index (χ1) is 7.65. The molecule has 0 aliphatic heterocycles. The summed E-state index contributed by atoms with van der Waals surface area (Å²) in [5, 5.41) is 13.1. The number of rotatable bonds is 5. The molecular weight excluding hydrogens is 243 g/mol. The van der Waals surface area contributed by atoms with Crippen LogP contribution < -0.4 is 5.32 Å². The summed E-state index contributed by atoms with van der Waals surface area (Å²) in [5.74, 6) is 0. The number of nitrogens with zero attached hydrogens (tertiary/aromatic N) is 1. The van der Waals surface area contributed by atoms with Crippen molar-refractivity contribution < 1.29 is 0 Å². The van der Waals surface area contributed by atoms with Gasteiger partial charge in [-0.05, 0) is 43.7 Å². The van der Waals surface area contributed by atoms with Crippen molar-refractivity contribution >= 4 is 23.2 Å². The van der Waals surface area contributed by atoms with Gasteiger partial charge >= 0.3 is 0 Å². The molecule has 86 valence electrons. The van der Waals surface area contributed by atoms with Crippen LogP contribution in [-0.2, 0) is 0 Å². The molecule has 0 radical (unpaired) electrons. The van der Waals surface area contributed by atoms with Gasteiger partial charge in [-0.25, -0.2) is 0 Å². The van der Waals surface area contributed by atoms with Crippen molar-refractivity contribution in [3.05, 3.63) is 33.8 Å². The second-order valence-electron chi connectivity index (χ2n) is 3.60. The Labute approximate surface area is 106 Å². The molecule has 0 heterocycles. The fraction of sp³-hybridized carbons (Fsp3) is 0.417. The van der Waals surface area contributed by atoms with E-state index < -0.39 is 0 Å². The standard InChI is InChI=1S/C12H14Cl2N2/c1-9(16-7-3-2-6-15)11-8-10(13)4-5-12(11)14/h4-5,8-9,16H,2-3,7H2,1H3. The maximum absolute atomic E-state index is 8.41. The van der Waals surface area contributed by atoms with Gasteiger partial charge in [0.25, 0.3) is 0 Å². The third kappa shape index (κ3) is 4.02. The van der Waals surface area contributed by atoms with E-state index in [-0.39, 0.29) is 6.04 Å². The summed E-state index contributed by atoms with van der Waals surface area (Å²) in [6.07, 6.45) is 1.42. The summed E-state index contributed by atoms with van der Waals surface area (Å²) in [6.45, 7) is 2.83. The molecule has 2 nitrogen and oxygen atoms in total. The molecule has 0 spiro atoms. The Morgan fingerprint density at radius 2 is 2.19 bits per heavy atom. The minimum atomic E-state index is 0.143. The van der Waals surface area contributed by atoms with Crippen molar-refractivity contribution in [3.63, 3.8) is 0 Å². The fourth-order valence-electron chi connectivity index (χ4n) is 1.44. The van der Waals surface area contributed by atoms with E-state index in [1.165, 1.54) is 0 Å². The third-order valence-corrected chi connectivity index (χ3v) is 2.92. The summed E-state index contributed by atoms with van der Waals surface area (Å²) < 4.78 is 0. The molecule has 1 aromatic rings. The van der Waals surface area contributed by atoms with Gasteiger partial charge in [0.2, 0.25) is 0 Å². The highest BCUT2D eigenvalue weighted by Crippen LogP contribution is 2.25. The Hall–Kier alpha value is -0.750. The second kappa shape index (κ2) is 6.75. The molecule has 0 saturated carbocycles. The minimum Gasteiger partial charge on any atom is -0.310 e. The van der Waals surface area contributed by atoms with E-state index in [4.69, 9.17) is 28.5 Å². The lowest BCUT2D eigenvalue weighted by molar-refractivity contribution is 0.562. The van der Waals surface area contributed by atoms with E-state index in [1.807, 2.05) is 13.0 Å². The van der Waals surface area contributed by atoms with Crippen LogP contribution in [0.1, 0.15) is 31.4 Å². The molecule has 0 aliphatic rings. The van der Waals surface area contributed by atoms with Crippen molar-refractivity contribution in [1.82, 2.24) is 5.32 Å². The molecule has 1 N–H and O–H groups in total. The quantitative estimate of drug-likeness (QED) is 0.811. The number of halogens is 2. The van der Waals surface area contributed by atoms with Crippen LogP contribution in [-0.4, -0.2) is 6.54 Å². The predicted molar refractivity (Wildman–Crippen MR) is 67.7 cm³/mol. The molecule has 0 aromatic heterocycles. The lowest BCUT2D eigenvalue weighted by Crippen LogP contribution is -2.20. The number of nitriles is 1. The Morgan fingerprint density at radius 3 is 2.88 bits per heavy atom. The summed E-state index contributed by atoms with van der Waals surface area (Å²) in [4.78, 5) is 0. The lowest BCUT2D eigenvalue weighted by atomic mass is 10.1. The zero-order valence-corrected chi connectivity index (χ0v) is 10.6. The largest absolute Gasteiger partial charge is 0.310 e. The van der Waals surface area contributed by atoms with Crippen LogP contribution in [0.15, 0.2) is 18.2 Å². The fourth-order valence-corrected chi connectivity index (χ4v) is 1.90. The summed E-state index contributed by atoms with van der Waals surface area (Å²) >= 11 is 12.0. The van der Waals surface area contributed by atoms with Crippen molar-refractivity contribution in [1.29, 1.82) is 5.26 Å². The number of benzene rings is 1. The molecule has 4 heteroatoms. The molecular formula is C12H14Cl2N2. The van der Waals surface area contributed by atoms with E-state index in [1.54, 1.807) is 12.1 Å². The van der Waals surface area contributed by atoms with Crippen LogP contribution >= 0.6 is 23.2 Å². The molecule has 1 aromatic carbocycles. The third-order valence-electron chi connectivity index (χ3n) is 2.34. The Morgan fingerprint density at radius 1 is 1.44 bits per heavy atom. The first kappa shape index (κ1) is 13.3. The smallest absolute Gasteiger partial charge is 0.0622 e. The molecule has 0 fully saturated rings. The number of nitrogens with one attached hydrogen (secondary N) is 1. The van der Waals surface area contributed by atoms with Gasteiger partial charge in [-0.2, -0.15) is 5.26 Å². The van der Waals surface area contributed by atoms with Gasteiger partial charge in [-0.3, -0.25) is 0 Å². The van der Waals surface area contributed by atoms with E-state index in [2.05, 4.69) is 11.4 Å². The maximum atomic E-state index is 8.41. The van der Waals surface area contributed by atoms with Crippen molar-refractivity contribution in [2.45, 2.75) is 25.8 Å². The van der Waals surface area contributed by atoms with Crippen molar-refractivity contribution in [3.8, 4) is 6.07 Å². The zero-order chi connectivity index (χ0) is 12.0. The van der Waals surface area contributed by atoms with Crippen LogP contribution in [0.25, 0.3) is 0 Å². The topological polar surface area (TPSA) is 35.8 Å². The van der Waals surface area contributed by atoms with Gasteiger partial charge in [-0.15, -0.1) is 0 Å². The van der Waals surface area contributed by atoms with Crippen LogP contribution in [0.5, 0.6) is 0 Å². The lowest BCUT2D eigenvalue weighted by Gasteiger charge is -2.15. The van der Waals surface area contributed by atoms with Gasteiger partial charge in [0.15, 0.2) is 0 Å². The minimum absolute atomic E-state index is 0.143. The molecule has 16 heavy (non-hydrogen) atoms. The predicted octanol–water partition coefficient (Wildman–Crippen LogP) is 3.95. The monoisotopic (exact) mass is 256 g/mol. The van der Waals surface area contributed by atoms with Crippen LogP contribution in [0.4, 0.5) is 0 Å². The SMILES string of the molecule is CC(NCCCC#N)c1cc(Cl)ccc1Cl. The van der Waals surface area contributed by atoms with Gasteiger partial charge in [-0.1, -0.05) is 23.2 Å². The molecule has 0 saturated heterocycles. The molecule has 1 rings (SSSR count). The van der Waals surface area contributed by atoms with Crippen LogP contribution in [0.3, 0.4) is 0 Å². The first-order valence-electron chi connectivity index (χ1n) is 5.20. The van der Waals surface area contributed by atoms with Gasteiger partial charge in [0.1, 0.15) is 0 Å². The highest BCUT2D eigenvalue weighted by molar-refractivity contribution is 6.33. The number of hydrogen-bond donors (Lipinski definition) is 1. The maximum Gasteiger partial charge on any atom is 0.0622 e. The Kier molecular flexibility index (Phi) is 5.62.